The minimum absolute atomic E-state index is 1.03. The van der Waals surface area contributed by atoms with Crippen LogP contribution in [0.4, 0.5) is 34.1 Å². The Hall–Kier alpha value is -7.83. The Kier molecular flexibility index (Phi) is 8.58. The first-order chi connectivity index (χ1) is 31.7. The second-order valence-corrected chi connectivity index (χ2v) is 18.5. The molecule has 0 bridgehead atoms. The van der Waals surface area contributed by atoms with Gasteiger partial charge in [0.25, 0.3) is 0 Å². The van der Waals surface area contributed by atoms with Crippen molar-refractivity contribution in [3.8, 4) is 10.6 Å². The molecule has 2 heterocycles. The van der Waals surface area contributed by atoms with E-state index in [0.717, 1.165) is 50.2 Å². The van der Waals surface area contributed by atoms with E-state index >= 15 is 0 Å². The zero-order valence-corrected chi connectivity index (χ0v) is 36.2. The van der Waals surface area contributed by atoms with Gasteiger partial charge in [0, 0.05) is 59.9 Å². The Morgan fingerprint density at radius 2 is 0.734 bits per heavy atom. The Bertz CT molecular complexity index is 3910. The molecule has 0 amide bonds. The van der Waals surface area contributed by atoms with Gasteiger partial charge in [-0.3, -0.25) is 0 Å². The topological polar surface area (TPSA) is 19.4 Å². The van der Waals surface area contributed by atoms with Crippen molar-refractivity contribution in [3.63, 3.8) is 0 Å². The summed E-state index contributed by atoms with van der Waals surface area (Å²) >= 11 is 3.59. The van der Waals surface area contributed by atoms with Gasteiger partial charge < -0.3 is 9.80 Å². The van der Waals surface area contributed by atoms with Crippen LogP contribution in [0.25, 0.3) is 84.0 Å². The first-order valence-corrected chi connectivity index (χ1v) is 23.2. The lowest BCUT2D eigenvalue weighted by Gasteiger charge is -2.27. The number of benzene rings is 11. The van der Waals surface area contributed by atoms with Gasteiger partial charge in [-0.05, 0) is 152 Å². The molecule has 13 aromatic rings. The van der Waals surface area contributed by atoms with Crippen molar-refractivity contribution in [3.05, 3.63) is 224 Å². The third-order valence-electron chi connectivity index (χ3n) is 12.6. The highest BCUT2D eigenvalue weighted by molar-refractivity contribution is 7.25. The van der Waals surface area contributed by atoms with E-state index in [-0.39, 0.29) is 0 Å². The molecule has 0 radical (unpaired) electrons. The van der Waals surface area contributed by atoms with Crippen LogP contribution in [0.2, 0.25) is 0 Å². The van der Waals surface area contributed by atoms with Crippen LogP contribution in [0.5, 0.6) is 0 Å². The van der Waals surface area contributed by atoms with Crippen LogP contribution in [0.15, 0.2) is 224 Å². The van der Waals surface area contributed by atoms with Crippen molar-refractivity contribution in [2.75, 3.05) is 9.80 Å². The molecule has 0 fully saturated rings. The van der Waals surface area contributed by atoms with Crippen molar-refractivity contribution < 1.29 is 0 Å². The molecule has 64 heavy (non-hydrogen) atoms. The predicted molar refractivity (Wildman–Crippen MR) is 277 cm³/mol. The van der Waals surface area contributed by atoms with Crippen LogP contribution in [0.3, 0.4) is 0 Å². The lowest BCUT2D eigenvalue weighted by molar-refractivity contribution is 1.29. The Morgan fingerprint density at radius 3 is 1.38 bits per heavy atom. The summed E-state index contributed by atoms with van der Waals surface area (Å²) in [5.74, 6) is 0. The highest BCUT2D eigenvalue weighted by Crippen LogP contribution is 2.44. The van der Waals surface area contributed by atoms with Gasteiger partial charge in [-0.15, -0.1) is 22.7 Å². The van der Waals surface area contributed by atoms with Crippen molar-refractivity contribution in [2.24, 2.45) is 0 Å². The molecule has 11 aromatic carbocycles. The molecule has 0 aliphatic rings. The van der Waals surface area contributed by atoms with Crippen LogP contribution < -0.4 is 9.80 Å². The van der Waals surface area contributed by atoms with Crippen molar-refractivity contribution in [1.29, 1.82) is 0 Å². The summed E-state index contributed by atoms with van der Waals surface area (Å²) in [5.41, 5.74) is 8.84. The monoisotopic (exact) mass is 851 g/mol. The van der Waals surface area contributed by atoms with Crippen molar-refractivity contribution in [2.45, 2.75) is 0 Å². The van der Waals surface area contributed by atoms with E-state index in [1.807, 2.05) is 11.3 Å². The average molecular weight is 852 g/mol. The molecule has 0 aliphatic heterocycles. The zero-order valence-electron chi connectivity index (χ0n) is 34.5. The number of hydrogen-bond donors (Lipinski definition) is 0. The summed E-state index contributed by atoms with van der Waals surface area (Å²) in [4.78, 5) is 9.73. The first-order valence-electron chi connectivity index (χ1n) is 21.6. The summed E-state index contributed by atoms with van der Waals surface area (Å²) in [5, 5.41) is 13.3. The third-order valence-corrected chi connectivity index (χ3v) is 14.8. The number of aromatic nitrogens is 1. The lowest BCUT2D eigenvalue weighted by atomic mass is 9.99. The van der Waals surface area contributed by atoms with Gasteiger partial charge in [0.05, 0.1) is 10.2 Å². The zero-order chi connectivity index (χ0) is 42.1. The fraction of sp³-hybridized carbons (Fsp3) is 0. The molecule has 3 nitrogen and oxygen atoms in total. The largest absolute Gasteiger partial charge is 0.310 e. The molecule has 2 aromatic heterocycles. The van der Waals surface area contributed by atoms with E-state index in [0.29, 0.717) is 0 Å². The maximum atomic E-state index is 4.94. The van der Waals surface area contributed by atoms with Gasteiger partial charge in [-0.2, -0.15) is 0 Å². The van der Waals surface area contributed by atoms with E-state index in [1.54, 1.807) is 11.3 Å². The Morgan fingerprint density at radius 1 is 0.281 bits per heavy atom. The molecular formula is C59H37N3S2. The number of thiazole rings is 1. The van der Waals surface area contributed by atoms with E-state index in [2.05, 4.69) is 234 Å². The number of rotatable bonds is 7. The van der Waals surface area contributed by atoms with E-state index < -0.39 is 0 Å². The molecule has 0 unspecified atom stereocenters. The second-order valence-electron chi connectivity index (χ2n) is 16.4. The van der Waals surface area contributed by atoms with Gasteiger partial charge in [0.2, 0.25) is 0 Å². The first kappa shape index (κ1) is 36.8. The normalized spacial score (nSPS) is 11.8. The van der Waals surface area contributed by atoms with Crippen LogP contribution in [0, 0.1) is 0 Å². The number of para-hydroxylation sites is 1. The minimum atomic E-state index is 1.03. The van der Waals surface area contributed by atoms with Gasteiger partial charge in [-0.1, -0.05) is 115 Å². The second kappa shape index (κ2) is 14.9. The summed E-state index contributed by atoms with van der Waals surface area (Å²) in [6.45, 7) is 0. The van der Waals surface area contributed by atoms with Crippen LogP contribution in [0.1, 0.15) is 0 Å². The molecule has 0 atom stereocenters. The van der Waals surface area contributed by atoms with Crippen molar-refractivity contribution >= 4 is 130 Å². The molecule has 0 saturated heterocycles. The van der Waals surface area contributed by atoms with Gasteiger partial charge in [-0.25, -0.2) is 4.98 Å². The fourth-order valence-electron chi connectivity index (χ4n) is 9.45. The number of nitrogens with zero attached hydrogens (tertiary/aromatic N) is 3. The molecule has 300 valence electrons. The summed E-state index contributed by atoms with van der Waals surface area (Å²) in [6, 6.07) is 82.0. The van der Waals surface area contributed by atoms with E-state index in [9.17, 15) is 0 Å². The van der Waals surface area contributed by atoms with Gasteiger partial charge in [0.1, 0.15) is 5.01 Å². The standard InChI is InChI=1S/C59H37N3S2/c1-3-11-41-33-46(25-19-38(41)9-1)61(45-23-21-40(22-24-45)59-60-55-14-6-8-16-58(55)64-59)48-27-30-51-43(35-48)17-18-44-36-49(28-31-52(44)51)62(47-26-20-39-10-2-4-12-42(39)34-47)50-29-32-57-54(37-50)53-13-5-7-15-56(53)63-57/h1-37H. The summed E-state index contributed by atoms with van der Waals surface area (Å²) < 4.78 is 3.81. The van der Waals surface area contributed by atoms with Crippen LogP contribution in [-0.2, 0) is 0 Å². The molecule has 13 rings (SSSR count). The minimum Gasteiger partial charge on any atom is -0.310 e. The highest BCUT2D eigenvalue weighted by Gasteiger charge is 2.19. The SMILES string of the molecule is c1ccc2cc(N(c3ccc(-c4nc5ccccc5s4)cc3)c3ccc4c(ccc5cc(N(c6ccc7ccccc7c6)c6ccc7sc8ccccc8c7c6)ccc54)c3)ccc2c1. The number of anilines is 6. The molecule has 0 aliphatic carbocycles. The number of fused-ring (bicyclic) bond motifs is 9. The smallest absolute Gasteiger partial charge is 0.124 e. The molecular weight excluding hydrogens is 815 g/mol. The quantitative estimate of drug-likeness (QED) is 0.149. The lowest BCUT2D eigenvalue weighted by Crippen LogP contribution is -2.10. The van der Waals surface area contributed by atoms with Crippen LogP contribution in [-0.4, -0.2) is 4.98 Å². The van der Waals surface area contributed by atoms with Crippen LogP contribution >= 0.6 is 22.7 Å². The van der Waals surface area contributed by atoms with Crippen molar-refractivity contribution in [1.82, 2.24) is 4.98 Å². The third kappa shape index (κ3) is 6.28. The van der Waals surface area contributed by atoms with E-state index in [1.165, 1.54) is 68.0 Å². The maximum Gasteiger partial charge on any atom is 0.124 e. The molecule has 0 spiro atoms. The Labute approximate surface area is 378 Å². The summed E-state index contributed by atoms with van der Waals surface area (Å²) in [6.07, 6.45) is 0. The molecule has 0 saturated carbocycles. The van der Waals surface area contributed by atoms with E-state index in [4.69, 9.17) is 4.98 Å². The number of hydrogen-bond acceptors (Lipinski definition) is 5. The Balaban J connectivity index is 0.917. The maximum absolute atomic E-state index is 4.94. The summed E-state index contributed by atoms with van der Waals surface area (Å²) in [7, 11) is 0. The highest BCUT2D eigenvalue weighted by atomic mass is 32.1. The van der Waals surface area contributed by atoms with Gasteiger partial charge >= 0.3 is 0 Å². The predicted octanol–water partition coefficient (Wildman–Crippen LogP) is 17.9. The molecule has 5 heteroatoms. The fourth-order valence-corrected chi connectivity index (χ4v) is 11.5. The average Bonchev–Trinajstić information content (AvgIpc) is 3.96. The van der Waals surface area contributed by atoms with Gasteiger partial charge in [0.15, 0.2) is 0 Å². The number of thiophene rings is 1. The molecule has 0 N–H and O–H groups in total.